The molecule has 140 valence electrons. The molecule has 2 N–H and O–H groups in total. The number of allylic oxidation sites excluding steroid dienone is 2. The molecule has 1 aliphatic heterocycles. The minimum absolute atomic E-state index is 0.0255. The molecule has 0 radical (unpaired) electrons. The van der Waals surface area contributed by atoms with Crippen LogP contribution in [-0.4, -0.2) is 28.6 Å². The molecule has 9 heteroatoms. The predicted molar refractivity (Wildman–Crippen MR) is 93.2 cm³/mol. The maximum absolute atomic E-state index is 12.6. The summed E-state index contributed by atoms with van der Waals surface area (Å²) in [6, 6.07) is 7.50. The number of rotatable bonds is 6. The first-order valence-electron chi connectivity index (χ1n) is 7.98. The second-order valence-electron chi connectivity index (χ2n) is 5.80. The average Bonchev–Trinajstić information content (AvgIpc) is 2.60. The molecule has 0 spiro atoms. The second kappa shape index (κ2) is 8.14. The van der Waals surface area contributed by atoms with Gasteiger partial charge >= 0.3 is 11.9 Å². The minimum Gasteiger partial charge on any atom is -0.478 e. The van der Waals surface area contributed by atoms with E-state index in [2.05, 4.69) is 5.32 Å². The number of ether oxygens (including phenoxy) is 1. The molecule has 0 saturated carbocycles. The monoisotopic (exact) mass is 371 g/mol. The van der Waals surface area contributed by atoms with Crippen molar-refractivity contribution >= 4 is 17.6 Å². The molecule has 0 saturated heterocycles. The molecule has 1 unspecified atom stereocenters. The number of carboxylic acids is 1. The molecule has 0 aliphatic carbocycles. The minimum atomic E-state index is -1.31. The number of aliphatic carboxylic acids is 1. The zero-order valence-electron chi connectivity index (χ0n) is 14.7. The van der Waals surface area contributed by atoms with Gasteiger partial charge in [0.15, 0.2) is 0 Å². The maximum atomic E-state index is 12.6. The van der Waals surface area contributed by atoms with Gasteiger partial charge in [-0.1, -0.05) is 18.2 Å². The van der Waals surface area contributed by atoms with E-state index < -0.39 is 22.8 Å². The molecule has 1 aromatic carbocycles. The number of benzene rings is 1. The predicted octanol–water partition coefficient (Wildman–Crippen LogP) is 2.37. The zero-order chi connectivity index (χ0) is 20.1. The third-order valence-corrected chi connectivity index (χ3v) is 4.10. The number of hydrogen-bond acceptors (Lipinski definition) is 7. The normalized spacial score (nSPS) is 16.4. The quantitative estimate of drug-likeness (QED) is 0.336. The molecule has 2 rings (SSSR count). The number of dihydropyridines is 1. The van der Waals surface area contributed by atoms with Crippen molar-refractivity contribution in [1.29, 1.82) is 5.26 Å². The molecule has 1 heterocycles. The third kappa shape index (κ3) is 3.95. The third-order valence-electron chi connectivity index (χ3n) is 4.10. The van der Waals surface area contributed by atoms with E-state index in [1.54, 1.807) is 6.92 Å². The van der Waals surface area contributed by atoms with Crippen LogP contribution in [0, 0.1) is 21.4 Å². The van der Waals surface area contributed by atoms with Crippen LogP contribution >= 0.6 is 0 Å². The number of para-hydroxylation sites is 1. The Morgan fingerprint density at radius 1 is 1.30 bits per heavy atom. The van der Waals surface area contributed by atoms with Crippen LogP contribution in [0.4, 0.5) is 5.69 Å². The Labute approximate surface area is 154 Å². The first-order valence-corrected chi connectivity index (χ1v) is 7.98. The summed E-state index contributed by atoms with van der Waals surface area (Å²) in [4.78, 5) is 35.3. The Kier molecular flexibility index (Phi) is 5.92. The molecule has 1 aliphatic rings. The van der Waals surface area contributed by atoms with E-state index in [0.29, 0.717) is 5.70 Å². The van der Waals surface area contributed by atoms with Crippen LogP contribution in [0.1, 0.15) is 31.7 Å². The fourth-order valence-electron chi connectivity index (χ4n) is 3.02. The number of carbonyl (C=O) groups is 2. The van der Waals surface area contributed by atoms with Crippen molar-refractivity contribution in [3.63, 3.8) is 0 Å². The fraction of sp³-hybridized carbons (Fsp3) is 0.278. The molecule has 0 bridgehead atoms. The lowest BCUT2D eigenvalue weighted by Gasteiger charge is -2.29. The summed E-state index contributed by atoms with van der Waals surface area (Å²) in [6.07, 6.45) is -0.0255. The first-order chi connectivity index (χ1) is 12.8. The average molecular weight is 371 g/mol. The molecule has 0 fully saturated rings. The van der Waals surface area contributed by atoms with Gasteiger partial charge < -0.3 is 15.2 Å². The number of hydrogen-bond donors (Lipinski definition) is 2. The largest absolute Gasteiger partial charge is 0.478 e. The summed E-state index contributed by atoms with van der Waals surface area (Å²) < 4.78 is 5.06. The number of nitriles is 1. The van der Waals surface area contributed by atoms with Crippen molar-refractivity contribution in [1.82, 2.24) is 5.32 Å². The summed E-state index contributed by atoms with van der Waals surface area (Å²) in [5.74, 6) is -3.32. The van der Waals surface area contributed by atoms with Crippen LogP contribution in [-0.2, 0) is 14.3 Å². The lowest BCUT2D eigenvalue weighted by Crippen LogP contribution is -2.32. The van der Waals surface area contributed by atoms with Gasteiger partial charge in [0.1, 0.15) is 6.61 Å². The van der Waals surface area contributed by atoms with Gasteiger partial charge in [-0.2, -0.15) is 5.26 Å². The van der Waals surface area contributed by atoms with Gasteiger partial charge in [-0.3, -0.25) is 10.1 Å². The molecular weight excluding hydrogens is 354 g/mol. The number of esters is 1. The maximum Gasteiger partial charge on any atom is 0.336 e. The summed E-state index contributed by atoms with van der Waals surface area (Å²) in [6.45, 7) is 2.91. The van der Waals surface area contributed by atoms with Crippen LogP contribution < -0.4 is 5.32 Å². The van der Waals surface area contributed by atoms with Gasteiger partial charge in [-0.15, -0.1) is 0 Å². The second-order valence-corrected chi connectivity index (χ2v) is 5.80. The molecule has 27 heavy (non-hydrogen) atoms. The Bertz CT molecular complexity index is 910. The first kappa shape index (κ1) is 19.7. The highest BCUT2D eigenvalue weighted by molar-refractivity contribution is 5.99. The standard InChI is InChI=1S/C18H17N3O6/c1-10-14(17(22)23)16(12-6-3-4-7-13(12)21(25)26)15(11(2)20-10)18(24)27-9-5-8-19/h3-4,6-7,16,20H,5,9H2,1-2H3,(H,22,23). The van der Waals surface area contributed by atoms with Crippen LogP contribution in [0.5, 0.6) is 0 Å². The van der Waals surface area contributed by atoms with Crippen LogP contribution in [0.15, 0.2) is 46.8 Å². The number of nitro benzene ring substituents is 1. The van der Waals surface area contributed by atoms with E-state index in [0.717, 1.165) is 0 Å². The Balaban J connectivity index is 2.66. The Morgan fingerprint density at radius 2 is 1.93 bits per heavy atom. The van der Waals surface area contributed by atoms with Gasteiger partial charge in [0.05, 0.1) is 34.5 Å². The van der Waals surface area contributed by atoms with E-state index in [1.165, 1.54) is 31.2 Å². The van der Waals surface area contributed by atoms with Crippen LogP contribution in [0.2, 0.25) is 0 Å². The van der Waals surface area contributed by atoms with Gasteiger partial charge in [0, 0.05) is 23.0 Å². The fourth-order valence-corrected chi connectivity index (χ4v) is 3.02. The summed E-state index contributed by atoms with van der Waals surface area (Å²) in [7, 11) is 0. The van der Waals surface area contributed by atoms with E-state index in [-0.39, 0.29) is 41.1 Å². The van der Waals surface area contributed by atoms with E-state index >= 15 is 0 Å². The SMILES string of the molecule is CC1=C(C(=O)O)C(c2ccccc2[N+](=O)[O-])C(C(=O)OCCC#N)=C(C)N1. The summed E-state index contributed by atoms with van der Waals surface area (Å²) in [5.41, 5.74) is 0.171. The van der Waals surface area contributed by atoms with Crippen LogP contribution in [0.3, 0.4) is 0 Å². The molecule has 9 nitrogen and oxygen atoms in total. The molecule has 0 amide bonds. The van der Waals surface area contributed by atoms with E-state index in [4.69, 9.17) is 10.00 Å². The lowest BCUT2D eigenvalue weighted by atomic mass is 9.79. The zero-order valence-corrected chi connectivity index (χ0v) is 14.7. The Morgan fingerprint density at radius 3 is 2.52 bits per heavy atom. The van der Waals surface area contributed by atoms with Crippen molar-refractivity contribution < 1.29 is 24.4 Å². The smallest absolute Gasteiger partial charge is 0.336 e. The van der Waals surface area contributed by atoms with E-state index in [9.17, 15) is 24.8 Å². The van der Waals surface area contributed by atoms with E-state index in [1.807, 2.05) is 6.07 Å². The molecule has 0 aromatic heterocycles. The van der Waals surface area contributed by atoms with Gasteiger partial charge in [0.25, 0.3) is 5.69 Å². The van der Waals surface area contributed by atoms with Crippen molar-refractivity contribution in [2.75, 3.05) is 6.61 Å². The number of carbonyl (C=O) groups excluding carboxylic acids is 1. The van der Waals surface area contributed by atoms with Crippen molar-refractivity contribution in [2.24, 2.45) is 0 Å². The summed E-state index contributed by atoms with van der Waals surface area (Å²) in [5, 5.41) is 32.5. The lowest BCUT2D eigenvalue weighted by molar-refractivity contribution is -0.385. The van der Waals surface area contributed by atoms with Gasteiger partial charge in [0.2, 0.25) is 0 Å². The van der Waals surface area contributed by atoms with Crippen molar-refractivity contribution in [2.45, 2.75) is 26.2 Å². The highest BCUT2D eigenvalue weighted by Gasteiger charge is 2.40. The summed E-state index contributed by atoms with van der Waals surface area (Å²) >= 11 is 0. The number of nitrogens with one attached hydrogen (secondary N) is 1. The topological polar surface area (TPSA) is 143 Å². The van der Waals surface area contributed by atoms with Gasteiger partial charge in [-0.05, 0) is 13.8 Å². The molecular formula is C18H17N3O6. The number of nitrogens with zero attached hydrogens (tertiary/aromatic N) is 2. The number of carboxylic acid groups (broad SMARTS) is 1. The highest BCUT2D eigenvalue weighted by atomic mass is 16.6. The Hall–Kier alpha value is -3.67. The van der Waals surface area contributed by atoms with Crippen molar-refractivity contribution in [3.8, 4) is 6.07 Å². The molecule has 1 atom stereocenters. The van der Waals surface area contributed by atoms with Crippen molar-refractivity contribution in [3.05, 3.63) is 62.5 Å². The van der Waals surface area contributed by atoms with Gasteiger partial charge in [-0.25, -0.2) is 9.59 Å². The number of nitro groups is 1. The molecule has 1 aromatic rings. The highest BCUT2D eigenvalue weighted by Crippen LogP contribution is 2.42. The van der Waals surface area contributed by atoms with Crippen LogP contribution in [0.25, 0.3) is 0 Å².